The first-order valence-electron chi connectivity index (χ1n) is 10.1. The lowest BCUT2D eigenvalue weighted by Crippen LogP contribution is -2.47. The number of hydrogen-bond acceptors (Lipinski definition) is 9. The van der Waals surface area contributed by atoms with E-state index in [1.807, 2.05) is 29.2 Å². The maximum atomic E-state index is 11.8. The highest BCUT2D eigenvalue weighted by Gasteiger charge is 2.30. The summed E-state index contributed by atoms with van der Waals surface area (Å²) in [7, 11) is 1.65. The first kappa shape index (κ1) is 20.1. The lowest BCUT2D eigenvalue weighted by molar-refractivity contribution is -0.383. The van der Waals surface area contributed by atoms with Crippen molar-refractivity contribution >= 4 is 23.0 Å². The molecule has 0 saturated carbocycles. The van der Waals surface area contributed by atoms with Crippen molar-refractivity contribution in [3.63, 3.8) is 0 Å². The van der Waals surface area contributed by atoms with Crippen LogP contribution in [-0.4, -0.2) is 67.4 Å². The summed E-state index contributed by atoms with van der Waals surface area (Å²) in [5.74, 6) is 1.43. The summed E-state index contributed by atoms with van der Waals surface area (Å²) in [6, 6.07) is 7.91. The quantitative estimate of drug-likeness (QED) is 0.539. The first-order chi connectivity index (χ1) is 14.7. The van der Waals surface area contributed by atoms with Crippen molar-refractivity contribution in [2.45, 2.75) is 18.9 Å². The van der Waals surface area contributed by atoms with E-state index in [1.54, 1.807) is 7.11 Å². The average molecular weight is 414 g/mol. The topological polar surface area (TPSA) is 106 Å². The molecule has 0 spiro atoms. The predicted molar refractivity (Wildman–Crippen MR) is 114 cm³/mol. The monoisotopic (exact) mass is 414 g/mol. The summed E-state index contributed by atoms with van der Waals surface area (Å²) < 4.78 is 10.8. The van der Waals surface area contributed by atoms with Gasteiger partial charge in [0.05, 0.1) is 18.1 Å². The van der Waals surface area contributed by atoms with Gasteiger partial charge in [-0.1, -0.05) is 0 Å². The second kappa shape index (κ2) is 9.12. The fourth-order valence-corrected chi connectivity index (χ4v) is 3.88. The van der Waals surface area contributed by atoms with Gasteiger partial charge >= 0.3 is 5.69 Å². The molecule has 10 heteroatoms. The van der Waals surface area contributed by atoms with Crippen LogP contribution in [0.2, 0.25) is 0 Å². The summed E-state index contributed by atoms with van der Waals surface area (Å²) in [4.78, 5) is 24.0. The van der Waals surface area contributed by atoms with Crippen LogP contribution >= 0.6 is 0 Å². The molecule has 1 unspecified atom stereocenters. The number of hydrogen-bond donors (Lipinski definition) is 1. The van der Waals surface area contributed by atoms with E-state index < -0.39 is 4.92 Å². The number of nitrogens with one attached hydrogen (secondary N) is 1. The number of rotatable bonds is 7. The predicted octanol–water partition coefficient (Wildman–Crippen LogP) is 2.31. The molecule has 1 N–H and O–H groups in total. The minimum Gasteiger partial charge on any atom is -0.497 e. The van der Waals surface area contributed by atoms with E-state index in [4.69, 9.17) is 9.47 Å². The molecule has 0 amide bonds. The molecule has 1 aromatic heterocycles. The summed E-state index contributed by atoms with van der Waals surface area (Å²) in [5, 5.41) is 14.9. The standard InChI is InChI=1S/C20H26N6O4/c1-29-16-6-4-15(5-7-16)24-8-10-25(11-9-24)20-18(26(27)28)19(22-14-23-20)21-13-17-3-2-12-30-17/h4-7,14,17H,2-3,8-13H2,1H3,(H,21,22,23). The Morgan fingerprint density at radius 3 is 2.57 bits per heavy atom. The van der Waals surface area contributed by atoms with Crippen molar-refractivity contribution in [2.24, 2.45) is 0 Å². The zero-order chi connectivity index (χ0) is 20.9. The van der Waals surface area contributed by atoms with Gasteiger partial charge in [0, 0.05) is 45.0 Å². The zero-order valence-corrected chi connectivity index (χ0v) is 17.0. The highest BCUT2D eigenvalue weighted by atomic mass is 16.6. The van der Waals surface area contributed by atoms with Crippen molar-refractivity contribution in [2.75, 3.05) is 61.6 Å². The molecule has 2 saturated heterocycles. The van der Waals surface area contributed by atoms with Crippen molar-refractivity contribution in [3.05, 3.63) is 40.7 Å². The van der Waals surface area contributed by atoms with Gasteiger partial charge in [0.15, 0.2) is 0 Å². The first-order valence-corrected chi connectivity index (χ1v) is 10.1. The Hall–Kier alpha value is -3.14. The lowest BCUT2D eigenvalue weighted by Gasteiger charge is -2.36. The summed E-state index contributed by atoms with van der Waals surface area (Å²) in [6.45, 7) is 3.99. The third kappa shape index (κ3) is 4.38. The number of ether oxygens (including phenoxy) is 2. The van der Waals surface area contributed by atoms with E-state index in [0.29, 0.717) is 25.5 Å². The van der Waals surface area contributed by atoms with Crippen LogP contribution in [0.15, 0.2) is 30.6 Å². The third-order valence-electron chi connectivity index (χ3n) is 5.52. The van der Waals surface area contributed by atoms with Gasteiger partial charge in [0.25, 0.3) is 0 Å². The van der Waals surface area contributed by atoms with Gasteiger partial charge in [-0.15, -0.1) is 0 Å². The number of anilines is 3. The highest BCUT2D eigenvalue weighted by Crippen LogP contribution is 2.33. The molecule has 1 atom stereocenters. The van der Waals surface area contributed by atoms with Gasteiger partial charge in [-0.25, -0.2) is 9.97 Å². The van der Waals surface area contributed by atoms with Crippen molar-refractivity contribution in [1.29, 1.82) is 0 Å². The van der Waals surface area contributed by atoms with Crippen LogP contribution < -0.4 is 19.9 Å². The van der Waals surface area contributed by atoms with Crippen molar-refractivity contribution in [1.82, 2.24) is 9.97 Å². The minimum absolute atomic E-state index is 0.0658. The fourth-order valence-electron chi connectivity index (χ4n) is 3.88. The molecule has 2 aromatic rings. The molecule has 10 nitrogen and oxygen atoms in total. The molecule has 2 aliphatic rings. The van der Waals surface area contributed by atoms with E-state index in [-0.39, 0.29) is 17.6 Å². The van der Waals surface area contributed by atoms with Crippen LogP contribution in [0.4, 0.5) is 23.0 Å². The number of nitrogens with zero attached hydrogens (tertiary/aromatic N) is 5. The van der Waals surface area contributed by atoms with Gasteiger partial charge < -0.3 is 24.6 Å². The smallest absolute Gasteiger partial charge is 0.353 e. The Bertz CT molecular complexity index is 864. The number of nitro groups is 1. The molecule has 0 radical (unpaired) electrons. The molecule has 2 fully saturated rings. The molecule has 0 aliphatic carbocycles. The Balaban J connectivity index is 1.45. The van der Waals surface area contributed by atoms with Crippen LogP contribution in [0.5, 0.6) is 5.75 Å². The van der Waals surface area contributed by atoms with Crippen LogP contribution in [0.3, 0.4) is 0 Å². The second-order valence-electron chi connectivity index (χ2n) is 7.34. The fraction of sp³-hybridized carbons (Fsp3) is 0.500. The largest absolute Gasteiger partial charge is 0.497 e. The lowest BCUT2D eigenvalue weighted by atomic mass is 10.2. The maximum absolute atomic E-state index is 11.8. The highest BCUT2D eigenvalue weighted by molar-refractivity contribution is 5.70. The van der Waals surface area contributed by atoms with Crippen LogP contribution in [-0.2, 0) is 4.74 Å². The Morgan fingerprint density at radius 1 is 1.20 bits per heavy atom. The maximum Gasteiger partial charge on any atom is 0.353 e. The number of methoxy groups -OCH3 is 1. The molecule has 3 heterocycles. The van der Waals surface area contributed by atoms with Gasteiger partial charge in [0.1, 0.15) is 12.1 Å². The molecule has 4 rings (SSSR count). The molecule has 1 aromatic carbocycles. The van der Waals surface area contributed by atoms with E-state index in [1.165, 1.54) is 6.33 Å². The molecule has 30 heavy (non-hydrogen) atoms. The number of aromatic nitrogens is 2. The van der Waals surface area contributed by atoms with Crippen molar-refractivity contribution < 1.29 is 14.4 Å². The van der Waals surface area contributed by atoms with E-state index in [9.17, 15) is 10.1 Å². The van der Waals surface area contributed by atoms with Crippen LogP contribution in [0.25, 0.3) is 0 Å². The van der Waals surface area contributed by atoms with Crippen LogP contribution in [0, 0.1) is 10.1 Å². The van der Waals surface area contributed by atoms with Gasteiger partial charge in [-0.2, -0.15) is 0 Å². The zero-order valence-electron chi connectivity index (χ0n) is 17.0. The Labute approximate surface area is 175 Å². The SMILES string of the molecule is COc1ccc(N2CCN(c3ncnc(NCC4CCCO4)c3[N+](=O)[O-])CC2)cc1. The Morgan fingerprint density at radius 2 is 1.93 bits per heavy atom. The van der Waals surface area contributed by atoms with Crippen molar-refractivity contribution in [3.8, 4) is 5.75 Å². The second-order valence-corrected chi connectivity index (χ2v) is 7.34. The van der Waals surface area contributed by atoms with Crippen LogP contribution in [0.1, 0.15) is 12.8 Å². The summed E-state index contributed by atoms with van der Waals surface area (Å²) >= 11 is 0. The van der Waals surface area contributed by atoms with E-state index in [0.717, 1.165) is 44.0 Å². The molecule has 160 valence electrons. The summed E-state index contributed by atoms with van der Waals surface area (Å²) in [6.07, 6.45) is 3.42. The van der Waals surface area contributed by atoms with Gasteiger partial charge in [-0.3, -0.25) is 10.1 Å². The van der Waals surface area contributed by atoms with E-state index >= 15 is 0 Å². The minimum atomic E-state index is -0.400. The Kier molecular flexibility index (Phi) is 6.12. The number of piperazine rings is 1. The van der Waals surface area contributed by atoms with Gasteiger partial charge in [0.2, 0.25) is 11.6 Å². The van der Waals surface area contributed by atoms with E-state index in [2.05, 4.69) is 20.2 Å². The molecule has 2 aliphatic heterocycles. The molecule has 0 bridgehead atoms. The third-order valence-corrected chi connectivity index (χ3v) is 5.52. The number of benzene rings is 1. The molecular weight excluding hydrogens is 388 g/mol. The summed E-state index contributed by atoms with van der Waals surface area (Å²) in [5.41, 5.74) is 1.03. The average Bonchev–Trinajstić information content (AvgIpc) is 3.31. The van der Waals surface area contributed by atoms with Gasteiger partial charge in [-0.05, 0) is 37.1 Å². The molecular formula is C20H26N6O4. The normalized spacial score (nSPS) is 19.0.